The largest absolute Gasteiger partial charge is 0.326 e. The fraction of sp³-hybridized carbons (Fsp3) is 0.125. The van der Waals surface area contributed by atoms with Gasteiger partial charge in [0, 0.05) is 7.05 Å². The maximum atomic E-state index is 5.12. The normalized spacial score (nSPS) is 10.6. The Hall–Kier alpha value is -0.670. The van der Waals surface area contributed by atoms with E-state index < -0.39 is 0 Å². The lowest BCUT2D eigenvalue weighted by atomic mass is 10.3. The van der Waals surface area contributed by atoms with Crippen LogP contribution in [0.3, 0.4) is 0 Å². The molecule has 1 nitrogen and oxygen atoms in total. The van der Waals surface area contributed by atoms with E-state index in [1.165, 1.54) is 10.2 Å². The summed E-state index contributed by atoms with van der Waals surface area (Å²) in [6, 6.07) is 8.93. The van der Waals surface area contributed by atoms with Crippen LogP contribution in [0.1, 0.15) is 0 Å². The molecule has 11 heavy (non-hydrogen) atoms. The van der Waals surface area contributed by atoms with Gasteiger partial charge in [-0.1, -0.05) is 6.07 Å². The average Bonchev–Trinajstić information content (AvgIpc) is 2.30. The lowest BCUT2D eigenvalue weighted by Crippen LogP contribution is -1.84. The maximum Gasteiger partial charge on any atom is 0.161 e. The number of benzene rings is 1. The van der Waals surface area contributed by atoms with Crippen LogP contribution in [0.15, 0.2) is 18.2 Å². The van der Waals surface area contributed by atoms with Crippen molar-refractivity contribution in [2.75, 3.05) is 0 Å². The molecule has 0 spiro atoms. The predicted octanol–water partition coefficient (Wildman–Crippen LogP) is 2.77. The van der Waals surface area contributed by atoms with Crippen molar-refractivity contribution in [2.24, 2.45) is 7.05 Å². The summed E-state index contributed by atoms with van der Waals surface area (Å²) >= 11 is 6.75. The van der Waals surface area contributed by atoms with Crippen LogP contribution >= 0.6 is 23.6 Å². The molecule has 1 aromatic carbocycles. The molecular formula is C8H6NS2. The number of aryl methyl sites for hydroxylation is 1. The second-order valence-corrected chi connectivity index (χ2v) is 4.00. The van der Waals surface area contributed by atoms with E-state index in [1.807, 2.05) is 29.8 Å². The van der Waals surface area contributed by atoms with Crippen molar-refractivity contribution in [1.29, 1.82) is 0 Å². The molecular weight excluding hydrogens is 174 g/mol. The Morgan fingerprint density at radius 2 is 2.45 bits per heavy atom. The molecule has 0 saturated carbocycles. The molecule has 2 aromatic rings. The zero-order valence-electron chi connectivity index (χ0n) is 6.00. The van der Waals surface area contributed by atoms with Crippen molar-refractivity contribution in [3.05, 3.63) is 28.2 Å². The Morgan fingerprint density at radius 3 is 3.18 bits per heavy atom. The first-order valence-electron chi connectivity index (χ1n) is 3.24. The van der Waals surface area contributed by atoms with Crippen LogP contribution in [0.5, 0.6) is 0 Å². The van der Waals surface area contributed by atoms with Gasteiger partial charge in [0.25, 0.3) is 0 Å². The van der Waals surface area contributed by atoms with Gasteiger partial charge in [-0.2, -0.15) is 0 Å². The van der Waals surface area contributed by atoms with E-state index >= 15 is 0 Å². The summed E-state index contributed by atoms with van der Waals surface area (Å²) in [6.45, 7) is 0. The van der Waals surface area contributed by atoms with Gasteiger partial charge in [0.15, 0.2) is 3.95 Å². The minimum atomic E-state index is 0.916. The number of hydrogen-bond acceptors (Lipinski definition) is 2. The molecule has 0 bridgehead atoms. The number of rotatable bonds is 0. The molecule has 0 saturated heterocycles. The summed E-state index contributed by atoms with van der Waals surface area (Å²) < 4.78 is 4.14. The molecule has 0 aliphatic heterocycles. The van der Waals surface area contributed by atoms with Crippen LogP contribution in [0, 0.1) is 10.0 Å². The van der Waals surface area contributed by atoms with Crippen LogP contribution in [-0.2, 0) is 7.05 Å². The summed E-state index contributed by atoms with van der Waals surface area (Å²) in [7, 11) is 1.99. The highest BCUT2D eigenvalue weighted by Crippen LogP contribution is 2.20. The Balaban J connectivity index is 3.04. The number of nitrogens with zero attached hydrogens (tertiary/aromatic N) is 1. The van der Waals surface area contributed by atoms with E-state index in [-0.39, 0.29) is 0 Å². The second kappa shape index (κ2) is 2.43. The molecule has 2 rings (SSSR count). The fourth-order valence-corrected chi connectivity index (χ4v) is 2.25. The molecule has 0 amide bonds. The highest BCUT2D eigenvalue weighted by molar-refractivity contribution is 7.73. The van der Waals surface area contributed by atoms with Gasteiger partial charge in [-0.3, -0.25) is 0 Å². The smallest absolute Gasteiger partial charge is 0.161 e. The molecule has 55 valence electrons. The van der Waals surface area contributed by atoms with Gasteiger partial charge < -0.3 is 4.57 Å². The van der Waals surface area contributed by atoms with Gasteiger partial charge in [0.2, 0.25) is 0 Å². The molecule has 0 aliphatic rings. The number of thiazole rings is 1. The third-order valence-corrected chi connectivity index (χ3v) is 3.16. The molecule has 0 N–H and O–H groups in total. The van der Waals surface area contributed by atoms with Crippen LogP contribution < -0.4 is 0 Å². The number of aromatic nitrogens is 1. The third-order valence-electron chi connectivity index (χ3n) is 1.64. The Labute approximate surface area is 73.9 Å². The van der Waals surface area contributed by atoms with E-state index in [4.69, 9.17) is 12.2 Å². The average molecular weight is 180 g/mol. The van der Waals surface area contributed by atoms with Crippen molar-refractivity contribution < 1.29 is 0 Å². The number of fused-ring (bicyclic) bond motifs is 1. The molecule has 0 unspecified atom stereocenters. The van der Waals surface area contributed by atoms with E-state index in [1.54, 1.807) is 11.3 Å². The molecule has 0 fully saturated rings. The summed E-state index contributed by atoms with van der Waals surface area (Å²) in [4.78, 5) is 0. The first-order valence-corrected chi connectivity index (χ1v) is 4.47. The summed E-state index contributed by atoms with van der Waals surface area (Å²) in [5, 5.41) is 0. The summed E-state index contributed by atoms with van der Waals surface area (Å²) in [5.74, 6) is 0. The summed E-state index contributed by atoms with van der Waals surface area (Å²) in [5.41, 5.74) is 1.19. The van der Waals surface area contributed by atoms with Gasteiger partial charge >= 0.3 is 0 Å². The Kier molecular flexibility index (Phi) is 1.55. The first-order chi connectivity index (χ1) is 5.29. The molecule has 3 heteroatoms. The van der Waals surface area contributed by atoms with Crippen LogP contribution in [0.2, 0.25) is 0 Å². The van der Waals surface area contributed by atoms with Crippen molar-refractivity contribution in [1.82, 2.24) is 4.57 Å². The van der Waals surface area contributed by atoms with Crippen molar-refractivity contribution >= 4 is 33.8 Å². The number of hydrogen-bond donors (Lipinski definition) is 0. The van der Waals surface area contributed by atoms with Gasteiger partial charge in [-0.05, 0) is 30.4 Å². The Morgan fingerprint density at radius 1 is 1.64 bits per heavy atom. The minimum Gasteiger partial charge on any atom is -0.326 e. The predicted molar refractivity (Wildman–Crippen MR) is 50.5 cm³/mol. The van der Waals surface area contributed by atoms with Crippen LogP contribution in [0.4, 0.5) is 0 Å². The monoisotopic (exact) mass is 180 g/mol. The standard InChI is InChI=1S/C8H6NS2/c1-9-6-4-2-3-5-7(6)11-8(9)10/h2,4-5H,1H3. The lowest BCUT2D eigenvalue weighted by Gasteiger charge is -1.91. The fourth-order valence-electron chi connectivity index (χ4n) is 1.03. The SMILES string of the molecule is Cn1c(=S)sc2c[c]ccc21. The van der Waals surface area contributed by atoms with E-state index in [0.29, 0.717) is 0 Å². The molecule has 1 heterocycles. The summed E-state index contributed by atoms with van der Waals surface area (Å²) in [6.07, 6.45) is 0. The van der Waals surface area contributed by atoms with Crippen molar-refractivity contribution in [2.45, 2.75) is 0 Å². The van der Waals surface area contributed by atoms with Crippen molar-refractivity contribution in [3.63, 3.8) is 0 Å². The lowest BCUT2D eigenvalue weighted by molar-refractivity contribution is 0.964. The van der Waals surface area contributed by atoms with Gasteiger partial charge in [0.05, 0.1) is 10.2 Å². The van der Waals surface area contributed by atoms with Gasteiger partial charge in [-0.15, -0.1) is 11.3 Å². The molecule has 0 atom stereocenters. The van der Waals surface area contributed by atoms with Gasteiger partial charge in [0.1, 0.15) is 0 Å². The minimum absolute atomic E-state index is 0.916. The third kappa shape index (κ3) is 1.01. The maximum absolute atomic E-state index is 5.12. The Bertz CT molecular complexity index is 439. The zero-order valence-corrected chi connectivity index (χ0v) is 7.63. The van der Waals surface area contributed by atoms with Crippen molar-refractivity contribution in [3.8, 4) is 0 Å². The second-order valence-electron chi connectivity index (χ2n) is 2.32. The quantitative estimate of drug-likeness (QED) is 0.564. The topological polar surface area (TPSA) is 4.93 Å². The molecule has 1 radical (unpaired) electrons. The molecule has 1 aromatic heterocycles. The van der Waals surface area contributed by atoms with E-state index in [0.717, 1.165) is 3.95 Å². The first kappa shape index (κ1) is 7.00. The highest BCUT2D eigenvalue weighted by atomic mass is 32.1. The zero-order chi connectivity index (χ0) is 7.84. The van der Waals surface area contributed by atoms with Crippen LogP contribution in [0.25, 0.3) is 10.2 Å². The highest BCUT2D eigenvalue weighted by Gasteiger charge is 1.97. The van der Waals surface area contributed by atoms with E-state index in [2.05, 4.69) is 6.07 Å². The van der Waals surface area contributed by atoms with Crippen LogP contribution in [-0.4, -0.2) is 4.57 Å². The molecule has 0 aliphatic carbocycles. The van der Waals surface area contributed by atoms with E-state index in [9.17, 15) is 0 Å². The van der Waals surface area contributed by atoms with Gasteiger partial charge in [-0.25, -0.2) is 0 Å².